The predicted molar refractivity (Wildman–Crippen MR) is 90.8 cm³/mol. The summed E-state index contributed by atoms with van der Waals surface area (Å²) in [6, 6.07) is 7.96. The van der Waals surface area contributed by atoms with Crippen molar-refractivity contribution in [3.63, 3.8) is 0 Å². The van der Waals surface area contributed by atoms with Crippen LogP contribution in [0, 0.1) is 5.41 Å². The van der Waals surface area contributed by atoms with Crippen molar-refractivity contribution in [1.82, 2.24) is 10.6 Å². The number of rotatable bonds is 4. The molecule has 0 unspecified atom stereocenters. The Labute approximate surface area is 135 Å². The molecular weight excluding hydrogens is 314 g/mol. The Balaban J connectivity index is 2.67. The van der Waals surface area contributed by atoms with Crippen LogP contribution >= 0.6 is 0 Å². The summed E-state index contributed by atoms with van der Waals surface area (Å²) in [5, 5.41) is 13.5. The highest BCUT2D eigenvalue weighted by atomic mass is 32.2. The number of benzene rings is 1. The van der Waals surface area contributed by atoms with Crippen LogP contribution in [-0.2, 0) is 9.84 Å². The molecule has 0 saturated heterocycles. The second kappa shape index (κ2) is 6.76. The Morgan fingerprint density at radius 3 is 2.57 bits per heavy atom. The molecule has 1 heterocycles. The normalized spacial score (nSPS) is 16.8. The SMILES string of the molecule is CNC(=N)/C(=C1/N=C(C)C=C(CN)N1)S(=O)(=O)c1ccccc1. The molecule has 122 valence electrons. The molecule has 0 bridgehead atoms. The number of sulfone groups is 1. The van der Waals surface area contributed by atoms with E-state index in [9.17, 15) is 8.42 Å². The first-order valence-electron chi connectivity index (χ1n) is 6.94. The van der Waals surface area contributed by atoms with E-state index >= 15 is 0 Å². The van der Waals surface area contributed by atoms with Gasteiger partial charge in [-0.15, -0.1) is 0 Å². The highest BCUT2D eigenvalue weighted by Gasteiger charge is 2.29. The number of nitrogens with zero attached hydrogens (tertiary/aromatic N) is 1. The molecule has 0 spiro atoms. The van der Waals surface area contributed by atoms with E-state index in [4.69, 9.17) is 11.1 Å². The Kier molecular flexibility index (Phi) is 4.97. The zero-order valence-electron chi connectivity index (χ0n) is 12.9. The highest BCUT2D eigenvalue weighted by molar-refractivity contribution is 7.96. The number of nitrogens with one attached hydrogen (secondary N) is 3. The Morgan fingerprint density at radius 2 is 2.00 bits per heavy atom. The van der Waals surface area contributed by atoms with Crippen molar-refractivity contribution < 1.29 is 8.42 Å². The molecule has 5 N–H and O–H groups in total. The van der Waals surface area contributed by atoms with Gasteiger partial charge < -0.3 is 16.4 Å². The van der Waals surface area contributed by atoms with Gasteiger partial charge in [0.15, 0.2) is 10.7 Å². The van der Waals surface area contributed by atoms with Crippen LogP contribution in [0.25, 0.3) is 0 Å². The van der Waals surface area contributed by atoms with Crippen molar-refractivity contribution in [3.8, 4) is 0 Å². The van der Waals surface area contributed by atoms with E-state index < -0.39 is 9.84 Å². The van der Waals surface area contributed by atoms with Crippen molar-refractivity contribution >= 4 is 21.4 Å². The second-order valence-electron chi connectivity index (χ2n) is 4.87. The smallest absolute Gasteiger partial charge is 0.213 e. The minimum absolute atomic E-state index is 0.0913. The average molecular weight is 333 g/mol. The lowest BCUT2D eigenvalue weighted by Gasteiger charge is -2.19. The Bertz CT molecular complexity index is 808. The van der Waals surface area contributed by atoms with Gasteiger partial charge in [0.2, 0.25) is 9.84 Å². The molecule has 0 aromatic heterocycles. The van der Waals surface area contributed by atoms with Gasteiger partial charge >= 0.3 is 0 Å². The van der Waals surface area contributed by atoms with Crippen LogP contribution in [0.4, 0.5) is 0 Å². The summed E-state index contributed by atoms with van der Waals surface area (Å²) in [6.07, 6.45) is 1.74. The molecule has 0 saturated carbocycles. The molecule has 23 heavy (non-hydrogen) atoms. The Morgan fingerprint density at radius 1 is 1.35 bits per heavy atom. The second-order valence-corrected chi connectivity index (χ2v) is 6.76. The fraction of sp³-hybridized carbons (Fsp3) is 0.200. The number of hydrogen-bond acceptors (Lipinski definition) is 6. The zero-order chi connectivity index (χ0) is 17.0. The van der Waals surface area contributed by atoms with Crippen LogP contribution in [0.3, 0.4) is 0 Å². The minimum atomic E-state index is -3.91. The number of aliphatic imine (C=N–C) groups is 1. The van der Waals surface area contributed by atoms with Crippen LogP contribution in [0.2, 0.25) is 0 Å². The maximum atomic E-state index is 12.9. The van der Waals surface area contributed by atoms with Crippen LogP contribution in [-0.4, -0.2) is 33.6 Å². The average Bonchev–Trinajstić information content (AvgIpc) is 2.54. The van der Waals surface area contributed by atoms with Crippen LogP contribution < -0.4 is 16.4 Å². The molecule has 1 aromatic carbocycles. The lowest BCUT2D eigenvalue weighted by Crippen LogP contribution is -2.32. The van der Waals surface area contributed by atoms with Crippen molar-refractivity contribution in [1.29, 1.82) is 5.41 Å². The molecule has 1 aliphatic heterocycles. The third kappa shape index (κ3) is 3.49. The summed E-state index contributed by atoms with van der Waals surface area (Å²) in [4.78, 5) is 4.11. The molecule has 1 aliphatic rings. The van der Waals surface area contributed by atoms with E-state index in [1.807, 2.05) is 0 Å². The quantitative estimate of drug-likeness (QED) is 0.478. The van der Waals surface area contributed by atoms with E-state index in [0.29, 0.717) is 11.4 Å². The molecule has 0 amide bonds. The van der Waals surface area contributed by atoms with E-state index in [2.05, 4.69) is 15.6 Å². The third-order valence-electron chi connectivity index (χ3n) is 3.18. The number of amidine groups is 1. The van der Waals surface area contributed by atoms with Crippen LogP contribution in [0.15, 0.2) is 62.7 Å². The molecule has 7 nitrogen and oxygen atoms in total. The molecule has 0 atom stereocenters. The topological polar surface area (TPSA) is 120 Å². The van der Waals surface area contributed by atoms with E-state index in [-0.39, 0.29) is 28.0 Å². The monoisotopic (exact) mass is 333 g/mol. The van der Waals surface area contributed by atoms with E-state index in [0.717, 1.165) is 0 Å². The number of likely N-dealkylation sites (N-methyl/N-ethyl adjacent to an activating group) is 1. The summed E-state index contributed by atoms with van der Waals surface area (Å²) in [6.45, 7) is 1.95. The van der Waals surface area contributed by atoms with Gasteiger partial charge in [0, 0.05) is 25.0 Å². The largest absolute Gasteiger partial charge is 0.372 e. The highest BCUT2D eigenvalue weighted by Crippen LogP contribution is 2.23. The first-order valence-corrected chi connectivity index (χ1v) is 8.42. The third-order valence-corrected chi connectivity index (χ3v) is 5.01. The summed E-state index contributed by atoms with van der Waals surface area (Å²) in [5.74, 6) is -0.153. The molecule has 2 rings (SSSR count). The van der Waals surface area contributed by atoms with Gasteiger partial charge in [-0.2, -0.15) is 0 Å². The van der Waals surface area contributed by atoms with Crippen LogP contribution in [0.1, 0.15) is 6.92 Å². The number of nitrogens with two attached hydrogens (primary N) is 1. The van der Waals surface area contributed by atoms with Gasteiger partial charge in [0.25, 0.3) is 0 Å². The summed E-state index contributed by atoms with van der Waals surface area (Å²) >= 11 is 0. The van der Waals surface area contributed by atoms with Gasteiger partial charge in [-0.3, -0.25) is 5.41 Å². The predicted octanol–water partition coefficient (Wildman–Crippen LogP) is 0.733. The maximum Gasteiger partial charge on any atom is 0.213 e. The molecule has 0 fully saturated rings. The minimum Gasteiger partial charge on any atom is -0.372 e. The Hall–Kier alpha value is -2.45. The first-order chi connectivity index (χ1) is 10.9. The van der Waals surface area contributed by atoms with Gasteiger partial charge in [0.1, 0.15) is 5.84 Å². The van der Waals surface area contributed by atoms with Crippen LogP contribution in [0.5, 0.6) is 0 Å². The molecule has 1 aromatic rings. The number of hydrogen-bond donors (Lipinski definition) is 4. The molecule has 8 heteroatoms. The number of allylic oxidation sites excluding steroid dienone is 1. The maximum absolute atomic E-state index is 12.9. The van der Waals surface area contributed by atoms with Gasteiger partial charge in [-0.25, -0.2) is 13.4 Å². The van der Waals surface area contributed by atoms with Gasteiger partial charge in [0.05, 0.1) is 4.90 Å². The summed E-state index contributed by atoms with van der Waals surface area (Å²) < 4.78 is 25.9. The lowest BCUT2D eigenvalue weighted by atomic mass is 10.2. The zero-order valence-corrected chi connectivity index (χ0v) is 13.7. The van der Waals surface area contributed by atoms with E-state index in [1.165, 1.54) is 19.2 Å². The molecule has 0 aliphatic carbocycles. The standard InChI is InChI=1S/C15H19N5O2S/c1-10-8-11(9-16)20-15(19-10)13(14(17)18-2)23(21,22)12-6-4-3-5-7-12/h3-8,20H,9,16H2,1-2H3,(H2,17,18)/b15-13+. The van der Waals surface area contributed by atoms with Gasteiger partial charge in [-0.1, -0.05) is 18.2 Å². The lowest BCUT2D eigenvalue weighted by molar-refractivity contribution is 0.602. The van der Waals surface area contributed by atoms with Gasteiger partial charge in [-0.05, 0) is 25.1 Å². The molecular formula is C15H19N5O2S. The summed E-state index contributed by atoms with van der Waals surface area (Å²) in [5.41, 5.74) is 6.88. The van der Waals surface area contributed by atoms with Crippen molar-refractivity contribution in [3.05, 3.63) is 52.8 Å². The van der Waals surface area contributed by atoms with Crippen molar-refractivity contribution in [2.24, 2.45) is 10.7 Å². The molecule has 0 radical (unpaired) electrons. The van der Waals surface area contributed by atoms with E-state index in [1.54, 1.807) is 31.2 Å². The first kappa shape index (κ1) is 16.9. The fourth-order valence-electron chi connectivity index (χ4n) is 2.11. The summed E-state index contributed by atoms with van der Waals surface area (Å²) in [7, 11) is -2.42. The fourth-order valence-corrected chi connectivity index (χ4v) is 3.58. The van der Waals surface area contributed by atoms with Crippen molar-refractivity contribution in [2.75, 3.05) is 13.6 Å². The van der Waals surface area contributed by atoms with Crippen molar-refractivity contribution in [2.45, 2.75) is 11.8 Å².